The fraction of sp³-hybridized carbons (Fsp3) is 0.818. The van der Waals surface area contributed by atoms with Crippen LogP contribution >= 0.6 is 0 Å². The second-order valence-corrected chi connectivity index (χ2v) is 4.47. The third kappa shape index (κ3) is 1.47. The van der Waals surface area contributed by atoms with E-state index in [4.69, 9.17) is 0 Å². The molecule has 0 radical (unpaired) electrons. The monoisotopic (exact) mass is 204 g/mol. The van der Waals surface area contributed by atoms with Gasteiger partial charge in [-0.2, -0.15) is 13.2 Å². The molecule has 3 heteroatoms. The van der Waals surface area contributed by atoms with Crippen molar-refractivity contribution >= 4 is 0 Å². The number of alkyl halides is 3. The normalized spacial score (nSPS) is 40.9. The fourth-order valence-electron chi connectivity index (χ4n) is 3.14. The van der Waals surface area contributed by atoms with E-state index in [1.165, 1.54) is 0 Å². The number of allylic oxidation sites excluding steroid dienone is 2. The number of hydrogen-bond acceptors (Lipinski definition) is 0. The van der Waals surface area contributed by atoms with Crippen LogP contribution in [0.2, 0.25) is 0 Å². The summed E-state index contributed by atoms with van der Waals surface area (Å²) in [5, 5.41) is 0. The standard InChI is InChI=1S/C11H15F3/c1-2-3-9-7-4-5-8(6-7)10(9)11(12,13)14/h4-5,7-10H,2-3,6H2,1H3. The van der Waals surface area contributed by atoms with Crippen molar-refractivity contribution in [3.63, 3.8) is 0 Å². The van der Waals surface area contributed by atoms with Crippen molar-refractivity contribution in [3.05, 3.63) is 12.2 Å². The Morgan fingerprint density at radius 3 is 2.43 bits per heavy atom. The molecule has 0 aromatic rings. The lowest BCUT2D eigenvalue weighted by molar-refractivity contribution is -0.193. The quantitative estimate of drug-likeness (QED) is 0.600. The van der Waals surface area contributed by atoms with Crippen LogP contribution in [-0.4, -0.2) is 6.18 Å². The van der Waals surface area contributed by atoms with Gasteiger partial charge in [-0.3, -0.25) is 0 Å². The number of rotatable bonds is 2. The fourth-order valence-corrected chi connectivity index (χ4v) is 3.14. The first kappa shape index (κ1) is 10.1. The Kier molecular flexibility index (Phi) is 2.36. The molecule has 0 amide bonds. The van der Waals surface area contributed by atoms with Gasteiger partial charge in [0.2, 0.25) is 0 Å². The van der Waals surface area contributed by atoms with E-state index in [0.717, 1.165) is 19.3 Å². The van der Waals surface area contributed by atoms with Gasteiger partial charge in [0.05, 0.1) is 5.92 Å². The van der Waals surface area contributed by atoms with E-state index in [2.05, 4.69) is 0 Å². The minimum Gasteiger partial charge on any atom is -0.171 e. The topological polar surface area (TPSA) is 0 Å². The third-order valence-electron chi connectivity index (χ3n) is 3.62. The van der Waals surface area contributed by atoms with E-state index < -0.39 is 12.1 Å². The first-order valence-electron chi connectivity index (χ1n) is 5.29. The highest BCUT2D eigenvalue weighted by Crippen LogP contribution is 2.55. The van der Waals surface area contributed by atoms with E-state index in [1.807, 2.05) is 13.0 Å². The Labute approximate surface area is 82.2 Å². The second kappa shape index (κ2) is 3.28. The van der Waals surface area contributed by atoms with E-state index >= 15 is 0 Å². The molecule has 0 aliphatic heterocycles. The van der Waals surface area contributed by atoms with Crippen molar-refractivity contribution in [2.45, 2.75) is 32.4 Å². The zero-order valence-corrected chi connectivity index (χ0v) is 8.22. The second-order valence-electron chi connectivity index (χ2n) is 4.47. The highest BCUT2D eigenvalue weighted by molar-refractivity contribution is 5.14. The zero-order chi connectivity index (χ0) is 10.3. The molecule has 1 fully saturated rings. The van der Waals surface area contributed by atoms with Crippen molar-refractivity contribution in [1.29, 1.82) is 0 Å². The summed E-state index contributed by atoms with van der Waals surface area (Å²) >= 11 is 0. The Bertz CT molecular complexity index is 241. The number of hydrogen-bond donors (Lipinski definition) is 0. The van der Waals surface area contributed by atoms with Crippen LogP contribution in [-0.2, 0) is 0 Å². The largest absolute Gasteiger partial charge is 0.392 e. The molecule has 2 rings (SSSR count). The van der Waals surface area contributed by atoms with Crippen molar-refractivity contribution < 1.29 is 13.2 Å². The van der Waals surface area contributed by atoms with Crippen LogP contribution in [0, 0.1) is 23.7 Å². The molecule has 0 N–H and O–H groups in total. The predicted molar refractivity (Wildman–Crippen MR) is 48.7 cm³/mol. The molecule has 0 spiro atoms. The molecule has 0 aromatic heterocycles. The summed E-state index contributed by atoms with van der Waals surface area (Å²) in [5.41, 5.74) is 0. The molecule has 4 atom stereocenters. The Morgan fingerprint density at radius 1 is 1.21 bits per heavy atom. The number of halogens is 3. The molecule has 1 saturated carbocycles. The first-order valence-corrected chi connectivity index (χ1v) is 5.29. The van der Waals surface area contributed by atoms with Gasteiger partial charge >= 0.3 is 6.18 Å². The minimum absolute atomic E-state index is 0.144. The van der Waals surface area contributed by atoms with Crippen molar-refractivity contribution in [2.24, 2.45) is 23.7 Å². The van der Waals surface area contributed by atoms with Gasteiger partial charge in [0.25, 0.3) is 0 Å². The molecule has 2 aliphatic carbocycles. The lowest BCUT2D eigenvalue weighted by Crippen LogP contribution is -2.33. The molecule has 0 nitrogen and oxygen atoms in total. The molecule has 0 aromatic carbocycles. The smallest absolute Gasteiger partial charge is 0.171 e. The summed E-state index contributed by atoms with van der Waals surface area (Å²) < 4.78 is 38.3. The summed E-state index contributed by atoms with van der Waals surface area (Å²) in [6.07, 6.45) is 2.07. The van der Waals surface area contributed by atoms with Gasteiger partial charge in [0.1, 0.15) is 0 Å². The van der Waals surface area contributed by atoms with E-state index in [9.17, 15) is 13.2 Å². The molecule has 0 heterocycles. The van der Waals surface area contributed by atoms with Crippen molar-refractivity contribution in [3.8, 4) is 0 Å². The van der Waals surface area contributed by atoms with Gasteiger partial charge in [-0.15, -0.1) is 0 Å². The van der Waals surface area contributed by atoms with Crippen LogP contribution in [0.4, 0.5) is 13.2 Å². The summed E-state index contributed by atoms with van der Waals surface area (Å²) in [4.78, 5) is 0. The van der Waals surface area contributed by atoms with Crippen LogP contribution in [0.15, 0.2) is 12.2 Å². The molecule has 80 valence electrons. The molecule has 2 aliphatic rings. The number of fused-ring (bicyclic) bond motifs is 2. The Morgan fingerprint density at radius 2 is 1.86 bits per heavy atom. The Balaban J connectivity index is 2.18. The van der Waals surface area contributed by atoms with Gasteiger partial charge in [-0.1, -0.05) is 25.5 Å². The van der Waals surface area contributed by atoms with Crippen molar-refractivity contribution in [2.75, 3.05) is 0 Å². The van der Waals surface area contributed by atoms with Crippen LogP contribution < -0.4 is 0 Å². The lowest BCUT2D eigenvalue weighted by atomic mass is 9.80. The molecular weight excluding hydrogens is 189 g/mol. The van der Waals surface area contributed by atoms with Gasteiger partial charge in [-0.05, 0) is 30.6 Å². The lowest BCUT2D eigenvalue weighted by Gasteiger charge is -2.29. The highest BCUT2D eigenvalue weighted by atomic mass is 19.4. The highest BCUT2D eigenvalue weighted by Gasteiger charge is 2.56. The van der Waals surface area contributed by atoms with Gasteiger partial charge in [-0.25, -0.2) is 0 Å². The minimum atomic E-state index is -4.00. The summed E-state index contributed by atoms with van der Waals surface area (Å²) in [6, 6.07) is 0. The van der Waals surface area contributed by atoms with Crippen molar-refractivity contribution in [1.82, 2.24) is 0 Å². The molecular formula is C11H15F3. The summed E-state index contributed by atoms with van der Waals surface area (Å²) in [7, 11) is 0. The van der Waals surface area contributed by atoms with Gasteiger partial charge < -0.3 is 0 Å². The molecule has 0 saturated heterocycles. The molecule has 2 bridgehead atoms. The van der Waals surface area contributed by atoms with E-state index in [-0.39, 0.29) is 17.8 Å². The van der Waals surface area contributed by atoms with Gasteiger partial charge in [0, 0.05) is 0 Å². The average Bonchev–Trinajstić information content (AvgIpc) is 2.61. The van der Waals surface area contributed by atoms with Gasteiger partial charge in [0.15, 0.2) is 0 Å². The summed E-state index contributed by atoms with van der Waals surface area (Å²) in [5.74, 6) is -1.23. The maximum absolute atomic E-state index is 12.8. The summed E-state index contributed by atoms with van der Waals surface area (Å²) in [6.45, 7) is 1.96. The maximum atomic E-state index is 12.8. The first-order chi connectivity index (χ1) is 6.54. The SMILES string of the molecule is CCCC1C2C=CC(C2)C1C(F)(F)F. The maximum Gasteiger partial charge on any atom is 0.392 e. The zero-order valence-electron chi connectivity index (χ0n) is 8.22. The van der Waals surface area contributed by atoms with E-state index in [0.29, 0.717) is 0 Å². The van der Waals surface area contributed by atoms with Crippen LogP contribution in [0.5, 0.6) is 0 Å². The molecule has 14 heavy (non-hydrogen) atoms. The van der Waals surface area contributed by atoms with Crippen LogP contribution in [0.25, 0.3) is 0 Å². The predicted octanol–water partition coefficient (Wildman–Crippen LogP) is 3.79. The average molecular weight is 204 g/mol. The Hall–Kier alpha value is -0.470. The van der Waals surface area contributed by atoms with Crippen LogP contribution in [0.3, 0.4) is 0 Å². The van der Waals surface area contributed by atoms with E-state index in [1.54, 1.807) is 6.08 Å². The molecule has 4 unspecified atom stereocenters. The van der Waals surface area contributed by atoms with Crippen LogP contribution in [0.1, 0.15) is 26.2 Å². The third-order valence-corrected chi connectivity index (χ3v) is 3.62.